The molecule has 2 aromatic heterocycles. The number of fused-ring (bicyclic) bond motifs is 1. The first-order chi connectivity index (χ1) is 10.5. The number of carbonyl (C=O) groups excluding carboxylic acids is 1. The quantitative estimate of drug-likeness (QED) is 0.758. The second-order valence-corrected chi connectivity index (χ2v) is 5.65. The number of imidazole rings is 1. The third-order valence-corrected chi connectivity index (χ3v) is 4.22. The van der Waals surface area contributed by atoms with Gasteiger partial charge in [-0.15, -0.1) is 0 Å². The minimum Gasteiger partial charge on any atom is -0.343 e. The summed E-state index contributed by atoms with van der Waals surface area (Å²) in [5.41, 5.74) is 0.0981. The summed E-state index contributed by atoms with van der Waals surface area (Å²) in [7, 11) is 3.06. The van der Waals surface area contributed by atoms with Crippen molar-refractivity contribution in [1.82, 2.24) is 23.6 Å². The molecule has 0 N–H and O–H groups in total. The molecule has 8 nitrogen and oxygen atoms in total. The van der Waals surface area contributed by atoms with Crippen molar-refractivity contribution in [2.24, 2.45) is 14.1 Å². The topological polar surface area (TPSA) is 82.1 Å². The normalized spacial score (nSPS) is 15.2. The molecule has 1 saturated heterocycles. The molecular formula is C14H19N5O3. The molecule has 22 heavy (non-hydrogen) atoms. The molecule has 0 radical (unpaired) electrons. The van der Waals surface area contributed by atoms with Crippen molar-refractivity contribution in [2.45, 2.75) is 25.8 Å². The Morgan fingerprint density at radius 2 is 1.91 bits per heavy atom. The van der Waals surface area contributed by atoms with E-state index in [0.29, 0.717) is 30.7 Å². The molecule has 2 aromatic rings. The largest absolute Gasteiger partial charge is 0.343 e. The fourth-order valence-corrected chi connectivity index (χ4v) is 2.94. The lowest BCUT2D eigenvalue weighted by Gasteiger charge is -2.15. The predicted molar refractivity (Wildman–Crippen MR) is 80.6 cm³/mol. The highest BCUT2D eigenvalue weighted by atomic mass is 16.2. The van der Waals surface area contributed by atoms with Crippen molar-refractivity contribution < 1.29 is 4.79 Å². The molecule has 3 rings (SSSR count). The van der Waals surface area contributed by atoms with Gasteiger partial charge in [-0.3, -0.25) is 18.7 Å². The van der Waals surface area contributed by atoms with E-state index in [1.165, 1.54) is 11.6 Å². The molecule has 1 fully saturated rings. The number of amides is 1. The fraction of sp³-hybridized carbons (Fsp3) is 0.571. The van der Waals surface area contributed by atoms with Crippen molar-refractivity contribution in [2.75, 3.05) is 13.1 Å². The predicted octanol–water partition coefficient (Wildman–Crippen LogP) is -0.554. The minimum absolute atomic E-state index is 0.203. The molecule has 0 atom stereocenters. The molecule has 0 aliphatic carbocycles. The van der Waals surface area contributed by atoms with Crippen LogP contribution in [0.1, 0.15) is 19.3 Å². The lowest BCUT2D eigenvalue weighted by atomic mass is 10.3. The first-order valence-electron chi connectivity index (χ1n) is 7.39. The maximum Gasteiger partial charge on any atom is 0.332 e. The number of likely N-dealkylation sites (tertiary alicyclic amines) is 1. The molecule has 3 heterocycles. The highest BCUT2D eigenvalue weighted by Crippen LogP contribution is 2.11. The summed E-state index contributed by atoms with van der Waals surface area (Å²) in [6, 6.07) is 0. The van der Waals surface area contributed by atoms with E-state index in [1.54, 1.807) is 17.9 Å². The Balaban J connectivity index is 1.84. The van der Waals surface area contributed by atoms with E-state index >= 15 is 0 Å². The Morgan fingerprint density at radius 1 is 1.14 bits per heavy atom. The van der Waals surface area contributed by atoms with Gasteiger partial charge in [-0.2, -0.15) is 0 Å². The summed E-state index contributed by atoms with van der Waals surface area (Å²) in [5, 5.41) is 0. The van der Waals surface area contributed by atoms with E-state index < -0.39 is 0 Å². The number of nitrogens with zero attached hydrogens (tertiary/aromatic N) is 5. The standard InChI is InChI=1S/C14H19N5O3/c1-16-12-11(13(21)17(2)14(16)22)19(9-15-12)8-4-7-18-6-3-5-10(18)20/h9H,3-8H2,1-2H3. The highest BCUT2D eigenvalue weighted by Gasteiger charge is 2.19. The molecule has 1 aliphatic heterocycles. The first kappa shape index (κ1) is 14.6. The Morgan fingerprint density at radius 3 is 2.59 bits per heavy atom. The van der Waals surface area contributed by atoms with Gasteiger partial charge in [0.15, 0.2) is 11.2 Å². The van der Waals surface area contributed by atoms with Gasteiger partial charge in [0.2, 0.25) is 5.91 Å². The summed E-state index contributed by atoms with van der Waals surface area (Å²) < 4.78 is 4.22. The van der Waals surface area contributed by atoms with Gasteiger partial charge >= 0.3 is 5.69 Å². The van der Waals surface area contributed by atoms with Crippen LogP contribution in [0.3, 0.4) is 0 Å². The van der Waals surface area contributed by atoms with E-state index in [4.69, 9.17) is 0 Å². The third-order valence-electron chi connectivity index (χ3n) is 4.22. The second-order valence-electron chi connectivity index (χ2n) is 5.65. The SMILES string of the molecule is Cn1c(=O)c2c(ncn2CCCN2CCCC2=O)n(C)c1=O. The molecule has 0 aromatic carbocycles. The zero-order chi connectivity index (χ0) is 15.9. The van der Waals surface area contributed by atoms with E-state index in [9.17, 15) is 14.4 Å². The Labute approximate surface area is 126 Å². The fourth-order valence-electron chi connectivity index (χ4n) is 2.94. The number of hydrogen-bond donors (Lipinski definition) is 0. The zero-order valence-electron chi connectivity index (χ0n) is 12.8. The van der Waals surface area contributed by atoms with E-state index in [-0.39, 0.29) is 17.2 Å². The van der Waals surface area contributed by atoms with Crippen molar-refractivity contribution in [3.8, 4) is 0 Å². The second kappa shape index (κ2) is 5.43. The van der Waals surface area contributed by atoms with Crippen LogP contribution in [0.5, 0.6) is 0 Å². The zero-order valence-corrected chi connectivity index (χ0v) is 12.8. The van der Waals surface area contributed by atoms with E-state index in [0.717, 1.165) is 24.0 Å². The van der Waals surface area contributed by atoms with Gasteiger partial charge < -0.3 is 9.47 Å². The van der Waals surface area contributed by atoms with Gasteiger partial charge in [0.1, 0.15) is 0 Å². The Bertz CT molecular complexity index is 845. The number of carbonyl (C=O) groups is 1. The summed E-state index contributed by atoms with van der Waals surface area (Å²) in [4.78, 5) is 41.8. The minimum atomic E-state index is -0.384. The van der Waals surface area contributed by atoms with Crippen molar-refractivity contribution in [3.63, 3.8) is 0 Å². The molecule has 0 bridgehead atoms. The van der Waals surface area contributed by atoms with E-state index in [1.807, 2.05) is 4.90 Å². The average Bonchev–Trinajstić information content (AvgIpc) is 3.10. The molecule has 0 spiro atoms. The monoisotopic (exact) mass is 305 g/mol. The van der Waals surface area contributed by atoms with Crippen LogP contribution in [0, 0.1) is 0 Å². The lowest BCUT2D eigenvalue weighted by Crippen LogP contribution is -2.37. The van der Waals surface area contributed by atoms with Crippen LogP contribution in [0.15, 0.2) is 15.9 Å². The lowest BCUT2D eigenvalue weighted by molar-refractivity contribution is -0.127. The summed E-state index contributed by atoms with van der Waals surface area (Å²) in [6.07, 6.45) is 3.90. The average molecular weight is 305 g/mol. The number of rotatable bonds is 4. The van der Waals surface area contributed by atoms with Gasteiger partial charge in [-0.1, -0.05) is 0 Å². The molecule has 0 unspecified atom stereocenters. The van der Waals surface area contributed by atoms with Gasteiger partial charge in [0.25, 0.3) is 5.56 Å². The summed E-state index contributed by atoms with van der Waals surface area (Å²) in [6.45, 7) is 2.10. The highest BCUT2D eigenvalue weighted by molar-refractivity contribution is 5.78. The van der Waals surface area contributed by atoms with Crippen molar-refractivity contribution in [1.29, 1.82) is 0 Å². The van der Waals surface area contributed by atoms with Crippen LogP contribution >= 0.6 is 0 Å². The first-order valence-corrected chi connectivity index (χ1v) is 7.39. The molecule has 1 amide bonds. The number of aromatic nitrogens is 4. The summed E-state index contributed by atoms with van der Waals surface area (Å²) in [5.74, 6) is 0.203. The van der Waals surface area contributed by atoms with Crippen LogP contribution in [0.4, 0.5) is 0 Å². The third kappa shape index (κ3) is 2.24. The maximum atomic E-state index is 12.3. The Hall–Kier alpha value is -2.38. The van der Waals surface area contributed by atoms with Crippen LogP contribution in [0.25, 0.3) is 11.2 Å². The Kier molecular flexibility index (Phi) is 3.59. The van der Waals surface area contributed by atoms with Crippen LogP contribution in [0.2, 0.25) is 0 Å². The van der Waals surface area contributed by atoms with Crippen molar-refractivity contribution >= 4 is 17.1 Å². The number of aryl methyl sites for hydroxylation is 2. The molecule has 0 saturated carbocycles. The van der Waals surface area contributed by atoms with Crippen LogP contribution < -0.4 is 11.2 Å². The van der Waals surface area contributed by atoms with Crippen LogP contribution in [-0.4, -0.2) is 42.6 Å². The van der Waals surface area contributed by atoms with E-state index in [2.05, 4.69) is 4.98 Å². The van der Waals surface area contributed by atoms with Crippen molar-refractivity contribution in [3.05, 3.63) is 27.2 Å². The molecular weight excluding hydrogens is 286 g/mol. The van der Waals surface area contributed by atoms with Crippen LogP contribution in [-0.2, 0) is 25.4 Å². The van der Waals surface area contributed by atoms with Gasteiger partial charge in [-0.25, -0.2) is 9.78 Å². The maximum absolute atomic E-state index is 12.3. The van der Waals surface area contributed by atoms with Gasteiger partial charge in [0.05, 0.1) is 6.33 Å². The van der Waals surface area contributed by atoms with Gasteiger partial charge in [-0.05, 0) is 12.8 Å². The molecule has 118 valence electrons. The molecule has 8 heteroatoms. The van der Waals surface area contributed by atoms with Gasteiger partial charge in [0, 0.05) is 40.2 Å². The smallest absolute Gasteiger partial charge is 0.332 e. The number of hydrogen-bond acceptors (Lipinski definition) is 4. The molecule has 1 aliphatic rings. The summed E-state index contributed by atoms with van der Waals surface area (Å²) >= 11 is 0.